The highest BCUT2D eigenvalue weighted by molar-refractivity contribution is 7.90. The van der Waals surface area contributed by atoms with Crippen LogP contribution < -0.4 is 15.4 Å². The molecule has 2 atom stereocenters. The second-order valence-corrected chi connectivity index (χ2v) is 8.23. The van der Waals surface area contributed by atoms with E-state index in [0.717, 1.165) is 19.5 Å². The minimum Gasteiger partial charge on any atom is -0.353 e. The van der Waals surface area contributed by atoms with Crippen LogP contribution in [-0.4, -0.2) is 45.8 Å². The first-order valence-corrected chi connectivity index (χ1v) is 10.1. The van der Waals surface area contributed by atoms with Crippen molar-refractivity contribution in [1.82, 2.24) is 15.4 Å². The molecule has 136 valence electrons. The van der Waals surface area contributed by atoms with Crippen molar-refractivity contribution in [3.05, 3.63) is 29.8 Å². The minimum absolute atomic E-state index is 0.0337. The highest BCUT2D eigenvalue weighted by Crippen LogP contribution is 2.22. The van der Waals surface area contributed by atoms with Crippen LogP contribution in [0.4, 0.5) is 0 Å². The largest absolute Gasteiger partial charge is 0.353 e. The molecule has 0 aliphatic carbocycles. The van der Waals surface area contributed by atoms with Gasteiger partial charge >= 0.3 is 0 Å². The Morgan fingerprint density at radius 1 is 1.36 bits per heavy atom. The van der Waals surface area contributed by atoms with Gasteiger partial charge in [-0.2, -0.15) is 0 Å². The minimum atomic E-state index is -3.50. The summed E-state index contributed by atoms with van der Waals surface area (Å²) in [7, 11) is -3.50. The maximum absolute atomic E-state index is 12.1. The number of nitrogens with zero attached hydrogens (tertiary/aromatic N) is 1. The van der Waals surface area contributed by atoms with Gasteiger partial charge in [0.15, 0.2) is 0 Å². The van der Waals surface area contributed by atoms with Gasteiger partial charge in [-0.05, 0) is 44.0 Å². The van der Waals surface area contributed by atoms with Crippen LogP contribution in [-0.2, 0) is 14.8 Å². The number of fused-ring (bicyclic) bond motifs is 1. The van der Waals surface area contributed by atoms with Crippen LogP contribution in [0.25, 0.3) is 0 Å². The van der Waals surface area contributed by atoms with E-state index in [1.807, 2.05) is 0 Å². The fraction of sp³-hybridized carbons (Fsp3) is 0.529. The van der Waals surface area contributed by atoms with E-state index in [1.54, 1.807) is 24.3 Å². The van der Waals surface area contributed by atoms with Crippen LogP contribution in [0.3, 0.4) is 0 Å². The van der Waals surface area contributed by atoms with E-state index in [0.29, 0.717) is 36.7 Å². The number of rotatable bonds is 5. The molecule has 2 aliphatic rings. The third-order valence-electron chi connectivity index (χ3n) is 4.63. The summed E-state index contributed by atoms with van der Waals surface area (Å²) in [5, 5.41) is 6.40. The Bertz CT molecular complexity index is 776. The molecule has 0 saturated carbocycles. The highest BCUT2D eigenvalue weighted by Gasteiger charge is 2.30. The summed E-state index contributed by atoms with van der Waals surface area (Å²) in [6.07, 6.45) is 1.92. The van der Waals surface area contributed by atoms with Gasteiger partial charge in [-0.1, -0.05) is 19.1 Å². The van der Waals surface area contributed by atoms with Gasteiger partial charge in [0.1, 0.15) is 5.84 Å². The van der Waals surface area contributed by atoms with E-state index in [1.165, 1.54) is 0 Å². The number of hydrogen-bond acceptors (Lipinski definition) is 5. The third kappa shape index (κ3) is 4.19. The third-order valence-corrected chi connectivity index (χ3v) is 6.02. The van der Waals surface area contributed by atoms with Crippen LogP contribution >= 0.6 is 0 Å². The number of sulfonamides is 1. The summed E-state index contributed by atoms with van der Waals surface area (Å²) in [5.74, 6) is 0.830. The van der Waals surface area contributed by atoms with Gasteiger partial charge in [0.25, 0.3) is 10.0 Å². The molecular formula is C17H24N4O3S. The molecule has 7 nitrogen and oxygen atoms in total. The predicted octanol–water partition coefficient (Wildman–Crippen LogP) is 0.620. The van der Waals surface area contributed by atoms with Gasteiger partial charge in [-0.15, -0.1) is 0 Å². The van der Waals surface area contributed by atoms with E-state index in [9.17, 15) is 13.2 Å². The van der Waals surface area contributed by atoms with E-state index >= 15 is 0 Å². The van der Waals surface area contributed by atoms with Crippen LogP contribution in [0, 0.1) is 5.92 Å². The predicted molar refractivity (Wildman–Crippen MR) is 96.0 cm³/mol. The smallest absolute Gasteiger partial charge is 0.263 e. The molecule has 0 aromatic heterocycles. The van der Waals surface area contributed by atoms with Crippen molar-refractivity contribution in [2.45, 2.75) is 37.1 Å². The molecule has 1 aromatic carbocycles. The number of benzene rings is 1. The zero-order chi connectivity index (χ0) is 17.9. The Morgan fingerprint density at radius 3 is 2.96 bits per heavy atom. The molecule has 3 N–H and O–H groups in total. The zero-order valence-corrected chi connectivity index (χ0v) is 15.1. The summed E-state index contributed by atoms with van der Waals surface area (Å²) in [5.41, 5.74) is 0.593. The lowest BCUT2D eigenvalue weighted by molar-refractivity contribution is -0.122. The maximum atomic E-state index is 12.1. The average molecular weight is 364 g/mol. The molecule has 0 bridgehead atoms. The first-order valence-electron chi connectivity index (χ1n) is 8.64. The van der Waals surface area contributed by atoms with Gasteiger partial charge in [0.05, 0.1) is 4.90 Å². The lowest BCUT2D eigenvalue weighted by Crippen LogP contribution is -2.48. The van der Waals surface area contributed by atoms with E-state index < -0.39 is 10.0 Å². The van der Waals surface area contributed by atoms with Gasteiger partial charge in [-0.3, -0.25) is 14.5 Å². The van der Waals surface area contributed by atoms with Crippen molar-refractivity contribution in [3.63, 3.8) is 0 Å². The molecule has 2 heterocycles. The van der Waals surface area contributed by atoms with Crippen LogP contribution in [0.15, 0.2) is 34.2 Å². The number of aliphatic imine (C=N–C) groups is 1. The van der Waals surface area contributed by atoms with Gasteiger partial charge in [-0.25, -0.2) is 8.42 Å². The van der Waals surface area contributed by atoms with Crippen molar-refractivity contribution in [1.29, 1.82) is 0 Å². The fourth-order valence-electron chi connectivity index (χ4n) is 3.19. The molecule has 0 spiro atoms. The summed E-state index contributed by atoms with van der Waals surface area (Å²) in [6, 6.07) is 7.00. The van der Waals surface area contributed by atoms with Gasteiger partial charge in [0.2, 0.25) is 5.91 Å². The Morgan fingerprint density at radius 2 is 2.16 bits per heavy atom. The summed E-state index contributed by atoms with van der Waals surface area (Å²) < 4.78 is 26.5. The first kappa shape index (κ1) is 17.9. The lowest BCUT2D eigenvalue weighted by Gasteiger charge is -2.30. The van der Waals surface area contributed by atoms with E-state index in [2.05, 4.69) is 27.3 Å². The van der Waals surface area contributed by atoms with E-state index in [4.69, 9.17) is 0 Å². The summed E-state index contributed by atoms with van der Waals surface area (Å²) in [6.45, 7) is 4.40. The van der Waals surface area contributed by atoms with Crippen molar-refractivity contribution in [2.75, 3.05) is 19.6 Å². The topological polar surface area (TPSA) is 99.7 Å². The second kappa shape index (κ2) is 7.53. The summed E-state index contributed by atoms with van der Waals surface area (Å²) in [4.78, 5) is 16.6. The lowest BCUT2D eigenvalue weighted by atomic mass is 9.95. The molecule has 1 aromatic rings. The molecular weight excluding hydrogens is 340 g/mol. The number of amides is 1. The SMILES string of the molecule is CC1CNCCC1NC(=O)CCCN=C1NS(=O)(=O)c2ccccc21. The molecule has 8 heteroatoms. The van der Waals surface area contributed by atoms with Crippen molar-refractivity contribution < 1.29 is 13.2 Å². The van der Waals surface area contributed by atoms with Crippen molar-refractivity contribution in [2.24, 2.45) is 10.9 Å². The first-order chi connectivity index (χ1) is 12.0. The Hall–Kier alpha value is -1.93. The number of nitrogens with one attached hydrogen (secondary N) is 3. The molecule has 2 unspecified atom stereocenters. The summed E-state index contributed by atoms with van der Waals surface area (Å²) >= 11 is 0. The molecule has 1 saturated heterocycles. The molecule has 3 rings (SSSR count). The van der Waals surface area contributed by atoms with Crippen molar-refractivity contribution in [3.8, 4) is 0 Å². The van der Waals surface area contributed by atoms with Crippen LogP contribution in [0.5, 0.6) is 0 Å². The quantitative estimate of drug-likeness (QED) is 0.667. The number of hydrogen-bond donors (Lipinski definition) is 3. The molecule has 1 fully saturated rings. The Labute approximate surface area is 148 Å². The van der Waals surface area contributed by atoms with E-state index in [-0.39, 0.29) is 16.8 Å². The second-order valence-electron chi connectivity index (χ2n) is 6.58. The normalized spacial score (nSPS) is 26.0. The van der Waals surface area contributed by atoms with Crippen LogP contribution in [0.1, 0.15) is 31.7 Å². The van der Waals surface area contributed by atoms with Crippen molar-refractivity contribution >= 4 is 21.8 Å². The molecule has 1 amide bonds. The molecule has 0 radical (unpaired) electrons. The standard InChI is InChI=1S/C17H24N4O3S/c1-12-11-18-10-8-14(12)20-16(22)7-4-9-19-17-13-5-2-3-6-15(13)25(23,24)21-17/h2-3,5-6,12,14,18H,4,7-11H2,1H3,(H,19,21)(H,20,22). The number of piperidine rings is 1. The molecule has 25 heavy (non-hydrogen) atoms. The monoisotopic (exact) mass is 364 g/mol. The fourth-order valence-corrected chi connectivity index (χ4v) is 4.44. The average Bonchev–Trinajstić information content (AvgIpc) is 2.85. The number of carbonyl (C=O) groups is 1. The number of carbonyl (C=O) groups excluding carboxylic acids is 1. The Balaban J connectivity index is 1.50. The Kier molecular flexibility index (Phi) is 5.39. The highest BCUT2D eigenvalue weighted by atomic mass is 32.2. The maximum Gasteiger partial charge on any atom is 0.263 e. The van der Waals surface area contributed by atoms with Crippen LogP contribution in [0.2, 0.25) is 0 Å². The zero-order valence-electron chi connectivity index (χ0n) is 14.3. The van der Waals surface area contributed by atoms with Gasteiger partial charge < -0.3 is 10.6 Å². The van der Waals surface area contributed by atoms with Gasteiger partial charge in [0, 0.05) is 24.6 Å². The number of amidine groups is 1. The molecule has 2 aliphatic heterocycles.